The maximum absolute atomic E-state index is 13.1. The van der Waals surface area contributed by atoms with Crippen molar-refractivity contribution in [3.8, 4) is 0 Å². The van der Waals surface area contributed by atoms with Crippen LogP contribution in [0.25, 0.3) is 0 Å². The highest BCUT2D eigenvalue weighted by atomic mass is 16.5. The van der Waals surface area contributed by atoms with Gasteiger partial charge in [-0.3, -0.25) is 9.59 Å². The maximum Gasteiger partial charge on any atom is 0.306 e. The molecular weight excluding hydrogens is 707 g/mol. The number of ether oxygens (including phenoxy) is 1. The van der Waals surface area contributed by atoms with Gasteiger partial charge in [0.25, 0.3) is 0 Å². The van der Waals surface area contributed by atoms with Gasteiger partial charge in [0.1, 0.15) is 6.10 Å². The number of unbranched alkanes of at least 4 members (excludes halogenated alkanes) is 16. The Hall–Kier alpha value is -3.22. The van der Waals surface area contributed by atoms with Crippen molar-refractivity contribution in [1.82, 2.24) is 5.32 Å². The van der Waals surface area contributed by atoms with E-state index in [2.05, 4.69) is 56.5 Å². The van der Waals surface area contributed by atoms with E-state index in [0.717, 1.165) is 51.4 Å². The van der Waals surface area contributed by atoms with Crippen molar-refractivity contribution in [1.29, 1.82) is 0 Å². The molecule has 6 heteroatoms. The second-order valence-corrected chi connectivity index (χ2v) is 15.2. The number of nitrogens with one attached hydrogen (secondary N) is 1. The number of hydrogen-bond donors (Lipinski definition) is 3. The van der Waals surface area contributed by atoms with Crippen LogP contribution in [0.2, 0.25) is 0 Å². The first-order chi connectivity index (χ1) is 28.0. The fourth-order valence-electron chi connectivity index (χ4n) is 6.34. The standard InChI is InChI=1S/C51H85NO5/c1-4-7-10-13-16-19-22-24-25-27-28-30-33-36-39-42-47(57-51(56)44-41-38-35-32-29-26-23-20-17-14-11-8-5-2)45-50(55)52-48(46-53)49(54)43-40-37-34-31-21-18-15-12-9-6-3/h7,10,13,16,19,22,24-30,33,35,38,47-49,53-54H,4-6,8-9,11-12,14-15,17-18,20-21,23,31-32,34,36-37,39-46H2,1-3H3,(H,52,55)/b10-7-,16-13+,22-19+,25-24-,28-27+,29-26-,33-30+,38-35+. The zero-order chi connectivity index (χ0) is 41.7. The Kier molecular flexibility index (Phi) is 41.4. The van der Waals surface area contributed by atoms with Crippen LogP contribution in [0, 0.1) is 0 Å². The van der Waals surface area contributed by atoms with Gasteiger partial charge in [-0.15, -0.1) is 0 Å². The molecule has 3 N–H and O–H groups in total. The van der Waals surface area contributed by atoms with Crippen LogP contribution in [0.3, 0.4) is 0 Å². The van der Waals surface area contributed by atoms with E-state index in [1.807, 2.05) is 66.8 Å². The van der Waals surface area contributed by atoms with Gasteiger partial charge in [0.2, 0.25) is 5.91 Å². The molecule has 0 radical (unpaired) electrons. The summed E-state index contributed by atoms with van der Waals surface area (Å²) in [6.07, 6.45) is 57.6. The Morgan fingerprint density at radius 1 is 0.544 bits per heavy atom. The molecule has 0 rings (SSSR count). The van der Waals surface area contributed by atoms with Crippen LogP contribution in [0.5, 0.6) is 0 Å². The van der Waals surface area contributed by atoms with E-state index in [9.17, 15) is 19.8 Å². The summed E-state index contributed by atoms with van der Waals surface area (Å²) in [6.45, 7) is 6.25. The van der Waals surface area contributed by atoms with E-state index in [-0.39, 0.29) is 31.3 Å². The van der Waals surface area contributed by atoms with Gasteiger partial charge < -0.3 is 20.3 Å². The Labute approximate surface area is 350 Å². The van der Waals surface area contributed by atoms with Gasteiger partial charge in [0, 0.05) is 6.42 Å². The van der Waals surface area contributed by atoms with E-state index >= 15 is 0 Å². The molecule has 0 saturated heterocycles. The SMILES string of the molecule is CC\C=C/C=C/C=C/C=C\C=C\C=C\CCCC(CC(=O)NC(CO)C(O)CCCCCCCCCCCC)OC(=O)CC/C=C/C/C=C\CCCCCCCC. The molecular formula is C51H85NO5. The molecule has 3 unspecified atom stereocenters. The lowest BCUT2D eigenvalue weighted by Crippen LogP contribution is -2.46. The zero-order valence-electron chi connectivity index (χ0n) is 36.7. The predicted molar refractivity (Wildman–Crippen MR) is 245 cm³/mol. The van der Waals surface area contributed by atoms with Gasteiger partial charge in [-0.05, 0) is 57.8 Å². The number of hydrogen-bond acceptors (Lipinski definition) is 5. The molecule has 324 valence electrons. The van der Waals surface area contributed by atoms with E-state index in [0.29, 0.717) is 19.3 Å². The lowest BCUT2D eigenvalue weighted by Gasteiger charge is -2.24. The molecule has 0 heterocycles. The summed E-state index contributed by atoms with van der Waals surface area (Å²) in [5, 5.41) is 23.6. The van der Waals surface area contributed by atoms with Crippen molar-refractivity contribution in [2.24, 2.45) is 0 Å². The smallest absolute Gasteiger partial charge is 0.306 e. The summed E-state index contributed by atoms with van der Waals surface area (Å²) in [4.78, 5) is 25.9. The molecule has 0 aliphatic heterocycles. The van der Waals surface area contributed by atoms with Gasteiger partial charge >= 0.3 is 5.97 Å². The molecule has 0 aliphatic rings. The van der Waals surface area contributed by atoms with Crippen molar-refractivity contribution in [2.45, 2.75) is 206 Å². The molecule has 0 aromatic carbocycles. The fourth-order valence-corrected chi connectivity index (χ4v) is 6.34. The quantitative estimate of drug-likeness (QED) is 0.0249. The fraction of sp³-hybridized carbons (Fsp3) is 0.647. The largest absolute Gasteiger partial charge is 0.462 e. The molecule has 0 aromatic rings. The first kappa shape index (κ1) is 53.8. The highest BCUT2D eigenvalue weighted by Gasteiger charge is 2.23. The first-order valence-corrected chi connectivity index (χ1v) is 23.0. The Balaban J connectivity index is 4.88. The normalized spacial score (nSPS) is 14.3. The van der Waals surface area contributed by atoms with Crippen molar-refractivity contribution < 1.29 is 24.5 Å². The molecule has 3 atom stereocenters. The lowest BCUT2D eigenvalue weighted by atomic mass is 10.0. The molecule has 1 amide bonds. The van der Waals surface area contributed by atoms with Gasteiger partial charge in [-0.1, -0.05) is 214 Å². The van der Waals surface area contributed by atoms with E-state index in [1.165, 1.54) is 83.5 Å². The van der Waals surface area contributed by atoms with Crippen LogP contribution in [-0.2, 0) is 14.3 Å². The average Bonchev–Trinajstić information content (AvgIpc) is 3.20. The van der Waals surface area contributed by atoms with Crippen LogP contribution in [0.1, 0.15) is 188 Å². The molecule has 0 bridgehead atoms. The summed E-state index contributed by atoms with van der Waals surface area (Å²) in [5.74, 6) is -0.642. The highest BCUT2D eigenvalue weighted by Crippen LogP contribution is 2.15. The van der Waals surface area contributed by atoms with Crippen LogP contribution >= 0.6 is 0 Å². The Morgan fingerprint density at radius 2 is 1.04 bits per heavy atom. The van der Waals surface area contributed by atoms with Gasteiger partial charge in [0.05, 0.1) is 25.2 Å². The summed E-state index contributed by atoms with van der Waals surface area (Å²) in [7, 11) is 0. The number of amides is 1. The summed E-state index contributed by atoms with van der Waals surface area (Å²) >= 11 is 0. The third-order valence-electron chi connectivity index (χ3n) is 9.82. The predicted octanol–water partition coefficient (Wildman–Crippen LogP) is 13.4. The second-order valence-electron chi connectivity index (χ2n) is 15.2. The van der Waals surface area contributed by atoms with Crippen LogP contribution in [-0.4, -0.2) is 46.9 Å². The van der Waals surface area contributed by atoms with Gasteiger partial charge in [0.15, 0.2) is 0 Å². The number of allylic oxidation sites excluding steroid dienone is 16. The van der Waals surface area contributed by atoms with Gasteiger partial charge in [-0.25, -0.2) is 0 Å². The van der Waals surface area contributed by atoms with Crippen molar-refractivity contribution in [3.05, 3.63) is 97.2 Å². The monoisotopic (exact) mass is 792 g/mol. The van der Waals surface area contributed by atoms with Gasteiger partial charge in [-0.2, -0.15) is 0 Å². The van der Waals surface area contributed by atoms with Crippen LogP contribution in [0.15, 0.2) is 97.2 Å². The lowest BCUT2D eigenvalue weighted by molar-refractivity contribution is -0.150. The molecule has 0 fully saturated rings. The maximum atomic E-state index is 13.1. The minimum Gasteiger partial charge on any atom is -0.462 e. The third-order valence-corrected chi connectivity index (χ3v) is 9.82. The molecule has 0 spiro atoms. The first-order valence-electron chi connectivity index (χ1n) is 23.0. The number of aliphatic hydroxyl groups excluding tert-OH is 2. The van der Waals surface area contributed by atoms with Crippen molar-refractivity contribution in [2.75, 3.05) is 6.61 Å². The van der Waals surface area contributed by atoms with E-state index in [1.54, 1.807) is 0 Å². The number of esters is 1. The number of carbonyl (C=O) groups excluding carboxylic acids is 2. The summed E-state index contributed by atoms with van der Waals surface area (Å²) in [6, 6.07) is -0.740. The van der Waals surface area contributed by atoms with E-state index < -0.39 is 18.2 Å². The summed E-state index contributed by atoms with van der Waals surface area (Å²) < 4.78 is 5.83. The highest BCUT2D eigenvalue weighted by molar-refractivity contribution is 5.77. The Morgan fingerprint density at radius 3 is 1.60 bits per heavy atom. The zero-order valence-corrected chi connectivity index (χ0v) is 36.7. The van der Waals surface area contributed by atoms with Crippen LogP contribution < -0.4 is 5.32 Å². The molecule has 0 saturated carbocycles. The molecule has 0 aliphatic carbocycles. The van der Waals surface area contributed by atoms with Crippen LogP contribution in [0.4, 0.5) is 0 Å². The summed E-state index contributed by atoms with van der Waals surface area (Å²) in [5.41, 5.74) is 0. The van der Waals surface area contributed by atoms with Crippen molar-refractivity contribution in [3.63, 3.8) is 0 Å². The molecule has 6 nitrogen and oxygen atoms in total. The van der Waals surface area contributed by atoms with E-state index in [4.69, 9.17) is 4.74 Å². The molecule has 0 aromatic heterocycles. The Bertz CT molecular complexity index is 1160. The topological polar surface area (TPSA) is 95.9 Å². The molecule has 57 heavy (non-hydrogen) atoms. The number of carbonyl (C=O) groups is 2. The third kappa shape index (κ3) is 39.4. The average molecular weight is 792 g/mol. The minimum atomic E-state index is -0.819. The minimum absolute atomic E-state index is 0.00152. The second kappa shape index (κ2) is 43.9. The number of aliphatic hydroxyl groups is 2. The number of rotatable bonds is 39. The van der Waals surface area contributed by atoms with Crippen molar-refractivity contribution >= 4 is 11.9 Å².